The van der Waals surface area contributed by atoms with E-state index in [0.29, 0.717) is 21.7 Å². The summed E-state index contributed by atoms with van der Waals surface area (Å²) in [5.41, 5.74) is -0.405. The van der Waals surface area contributed by atoms with E-state index in [1.54, 1.807) is 74.5 Å². The third-order valence-electron chi connectivity index (χ3n) is 7.34. The quantitative estimate of drug-likeness (QED) is 0.167. The maximum Gasteiger partial charge on any atom is 0.417 e. The Labute approximate surface area is 283 Å². The smallest absolute Gasteiger partial charge is 0.417 e. The Hall–Kier alpha value is -4.55. The SMILES string of the molecule is COc1cccc(CN(C(=O)CN(c2ccc(Cl)c(C(F)(F)F)c2)S(=O)(=O)c2ccccc2)C(Cc2ccccc2)C(=O)NC(C)C)c1. The summed E-state index contributed by atoms with van der Waals surface area (Å²) in [4.78, 5) is 29.3. The summed E-state index contributed by atoms with van der Waals surface area (Å²) in [6, 6.07) is 24.0. The van der Waals surface area contributed by atoms with Crippen molar-refractivity contribution in [2.75, 3.05) is 18.0 Å². The van der Waals surface area contributed by atoms with Gasteiger partial charge >= 0.3 is 6.18 Å². The minimum atomic E-state index is -4.91. The Morgan fingerprint density at radius 3 is 2.10 bits per heavy atom. The van der Waals surface area contributed by atoms with E-state index in [-0.39, 0.29) is 23.9 Å². The Bertz CT molecular complexity index is 1820. The highest BCUT2D eigenvalue weighted by Crippen LogP contribution is 2.38. The Kier molecular flexibility index (Phi) is 11.8. The number of alkyl halides is 3. The highest BCUT2D eigenvalue weighted by molar-refractivity contribution is 7.92. The standard InChI is InChI=1S/C35H35ClF3N3O5S/c1-24(2)40-34(44)32(20-25-11-6-4-7-12-25)41(22-26-13-10-14-28(19-26)47-3)33(43)23-42(48(45,46)29-15-8-5-9-16-29)27-17-18-31(36)30(21-27)35(37,38)39/h4-19,21,24,32H,20,22-23H2,1-3H3,(H,40,44). The van der Waals surface area contributed by atoms with Crippen molar-refractivity contribution in [3.05, 3.63) is 125 Å². The van der Waals surface area contributed by atoms with Crippen LogP contribution >= 0.6 is 11.6 Å². The largest absolute Gasteiger partial charge is 0.497 e. The lowest BCUT2D eigenvalue weighted by Crippen LogP contribution is -2.54. The predicted octanol–water partition coefficient (Wildman–Crippen LogP) is 6.73. The molecule has 0 heterocycles. The monoisotopic (exact) mass is 701 g/mol. The number of nitrogens with one attached hydrogen (secondary N) is 1. The summed E-state index contributed by atoms with van der Waals surface area (Å²) in [5, 5.41) is 2.21. The Balaban J connectivity index is 1.87. The maximum absolute atomic E-state index is 14.5. The molecular formula is C35H35ClF3N3O5S. The van der Waals surface area contributed by atoms with Gasteiger partial charge in [0, 0.05) is 19.0 Å². The number of carbonyl (C=O) groups is 2. The van der Waals surface area contributed by atoms with Crippen molar-refractivity contribution in [2.24, 2.45) is 0 Å². The van der Waals surface area contributed by atoms with Crippen molar-refractivity contribution in [2.45, 2.75) is 50.0 Å². The normalized spacial score (nSPS) is 12.3. The van der Waals surface area contributed by atoms with Crippen molar-refractivity contribution >= 4 is 39.1 Å². The van der Waals surface area contributed by atoms with Gasteiger partial charge in [0.2, 0.25) is 11.8 Å². The lowest BCUT2D eigenvalue weighted by molar-refractivity contribution is -0.140. The van der Waals surface area contributed by atoms with Gasteiger partial charge in [-0.1, -0.05) is 72.3 Å². The summed E-state index contributed by atoms with van der Waals surface area (Å²) in [6.07, 6.45) is -4.84. The van der Waals surface area contributed by atoms with Crippen LogP contribution in [-0.2, 0) is 38.8 Å². The number of methoxy groups -OCH3 is 1. The number of amides is 2. The zero-order valence-electron chi connectivity index (χ0n) is 26.4. The minimum absolute atomic E-state index is 0.0692. The van der Waals surface area contributed by atoms with Crippen LogP contribution in [0.5, 0.6) is 5.75 Å². The number of hydrogen-bond donors (Lipinski definition) is 1. The van der Waals surface area contributed by atoms with Crippen molar-refractivity contribution in [1.29, 1.82) is 0 Å². The van der Waals surface area contributed by atoms with E-state index in [4.69, 9.17) is 16.3 Å². The molecule has 0 aliphatic rings. The van der Waals surface area contributed by atoms with Gasteiger partial charge in [-0.25, -0.2) is 8.42 Å². The molecule has 0 saturated heterocycles. The summed E-state index contributed by atoms with van der Waals surface area (Å²) in [6.45, 7) is 2.45. The summed E-state index contributed by atoms with van der Waals surface area (Å²) >= 11 is 5.87. The Morgan fingerprint density at radius 2 is 1.50 bits per heavy atom. The molecule has 13 heteroatoms. The molecule has 0 aromatic heterocycles. The second kappa shape index (κ2) is 15.6. The predicted molar refractivity (Wildman–Crippen MR) is 178 cm³/mol. The second-order valence-corrected chi connectivity index (χ2v) is 13.5. The molecule has 4 aromatic rings. The second-order valence-electron chi connectivity index (χ2n) is 11.2. The van der Waals surface area contributed by atoms with E-state index in [0.717, 1.165) is 17.7 Å². The number of rotatable bonds is 13. The molecule has 0 spiro atoms. The van der Waals surface area contributed by atoms with Crippen LogP contribution in [0.2, 0.25) is 5.02 Å². The molecule has 0 aliphatic heterocycles. The molecule has 4 aromatic carbocycles. The van der Waals surface area contributed by atoms with E-state index < -0.39 is 56.9 Å². The van der Waals surface area contributed by atoms with Crippen LogP contribution in [0.15, 0.2) is 108 Å². The molecule has 0 bridgehead atoms. The maximum atomic E-state index is 14.5. The van der Waals surface area contributed by atoms with Crippen LogP contribution in [0.4, 0.5) is 18.9 Å². The number of carbonyl (C=O) groups excluding carboxylic acids is 2. The van der Waals surface area contributed by atoms with Gasteiger partial charge in [0.25, 0.3) is 10.0 Å². The van der Waals surface area contributed by atoms with Crippen molar-refractivity contribution in [1.82, 2.24) is 10.2 Å². The topological polar surface area (TPSA) is 96.0 Å². The number of sulfonamides is 1. The van der Waals surface area contributed by atoms with E-state index >= 15 is 0 Å². The number of halogens is 4. The van der Waals surface area contributed by atoms with Gasteiger partial charge in [0.05, 0.1) is 28.3 Å². The molecule has 254 valence electrons. The highest BCUT2D eigenvalue weighted by atomic mass is 35.5. The summed E-state index contributed by atoms with van der Waals surface area (Å²) < 4.78 is 75.9. The zero-order chi connectivity index (χ0) is 35.1. The highest BCUT2D eigenvalue weighted by Gasteiger charge is 2.37. The molecule has 4 rings (SSSR count). The molecule has 1 unspecified atom stereocenters. The number of benzene rings is 4. The van der Waals surface area contributed by atoms with Gasteiger partial charge < -0.3 is 15.0 Å². The van der Waals surface area contributed by atoms with Crippen LogP contribution in [0.1, 0.15) is 30.5 Å². The number of ether oxygens (including phenoxy) is 1. The van der Waals surface area contributed by atoms with Gasteiger partial charge in [-0.15, -0.1) is 0 Å². The zero-order valence-corrected chi connectivity index (χ0v) is 28.0. The third-order valence-corrected chi connectivity index (χ3v) is 9.46. The molecule has 8 nitrogen and oxygen atoms in total. The van der Waals surface area contributed by atoms with Crippen LogP contribution < -0.4 is 14.4 Å². The van der Waals surface area contributed by atoms with E-state index in [1.165, 1.54) is 36.3 Å². The van der Waals surface area contributed by atoms with Crippen molar-refractivity contribution in [3.63, 3.8) is 0 Å². The first-order chi connectivity index (χ1) is 22.7. The van der Waals surface area contributed by atoms with E-state index in [9.17, 15) is 31.2 Å². The fourth-order valence-corrected chi connectivity index (χ4v) is 6.69. The molecule has 0 aliphatic carbocycles. The third kappa shape index (κ3) is 9.07. The van der Waals surface area contributed by atoms with E-state index in [2.05, 4.69) is 5.32 Å². The number of anilines is 1. The average Bonchev–Trinajstić information content (AvgIpc) is 3.05. The Morgan fingerprint density at radius 1 is 0.875 bits per heavy atom. The molecule has 0 saturated carbocycles. The van der Waals surface area contributed by atoms with E-state index in [1.807, 2.05) is 0 Å². The molecule has 1 atom stereocenters. The first kappa shape index (κ1) is 36.3. The first-order valence-electron chi connectivity index (χ1n) is 14.9. The average molecular weight is 702 g/mol. The molecular weight excluding hydrogens is 667 g/mol. The van der Waals surface area contributed by atoms with Gasteiger partial charge in [-0.2, -0.15) is 13.2 Å². The lowest BCUT2D eigenvalue weighted by Gasteiger charge is -2.34. The van der Waals surface area contributed by atoms with Gasteiger partial charge in [0.15, 0.2) is 0 Å². The van der Waals surface area contributed by atoms with Crippen LogP contribution in [0.25, 0.3) is 0 Å². The van der Waals surface area contributed by atoms with Gasteiger partial charge in [-0.3, -0.25) is 13.9 Å². The fourth-order valence-electron chi connectivity index (χ4n) is 5.04. The van der Waals surface area contributed by atoms with Crippen LogP contribution in [0.3, 0.4) is 0 Å². The fraction of sp³-hybridized carbons (Fsp3) is 0.257. The van der Waals surface area contributed by atoms with Crippen LogP contribution in [0, 0.1) is 0 Å². The first-order valence-corrected chi connectivity index (χ1v) is 16.7. The van der Waals surface area contributed by atoms with Crippen LogP contribution in [-0.4, -0.2) is 50.9 Å². The number of nitrogens with zero attached hydrogens (tertiary/aromatic N) is 2. The molecule has 0 radical (unpaired) electrons. The summed E-state index contributed by atoms with van der Waals surface area (Å²) in [5.74, 6) is -0.839. The summed E-state index contributed by atoms with van der Waals surface area (Å²) in [7, 11) is -3.13. The van der Waals surface area contributed by atoms with Crippen molar-refractivity contribution in [3.8, 4) is 5.75 Å². The van der Waals surface area contributed by atoms with Crippen molar-refractivity contribution < 1.29 is 35.9 Å². The lowest BCUT2D eigenvalue weighted by atomic mass is 10.0. The molecule has 1 N–H and O–H groups in total. The van der Waals surface area contributed by atoms with Gasteiger partial charge in [0.1, 0.15) is 18.3 Å². The molecule has 2 amide bonds. The van der Waals surface area contributed by atoms with Gasteiger partial charge in [-0.05, 0) is 67.4 Å². The molecule has 0 fully saturated rings. The number of hydrogen-bond acceptors (Lipinski definition) is 5. The minimum Gasteiger partial charge on any atom is -0.497 e. The molecule has 48 heavy (non-hydrogen) atoms.